The quantitative estimate of drug-likeness (QED) is 0.202. The fourth-order valence-electron chi connectivity index (χ4n) is 3.59. The van der Waals surface area contributed by atoms with Gasteiger partial charge < -0.3 is 9.52 Å². The molecule has 0 aliphatic carbocycles. The van der Waals surface area contributed by atoms with E-state index in [2.05, 4.69) is 20.2 Å². The normalized spacial score (nSPS) is 11.7. The van der Waals surface area contributed by atoms with Gasteiger partial charge >= 0.3 is 0 Å². The molecule has 35 heavy (non-hydrogen) atoms. The zero-order valence-electron chi connectivity index (χ0n) is 19.1. The molecule has 4 aromatic carbocycles. The van der Waals surface area contributed by atoms with Crippen LogP contribution in [-0.2, 0) is 0 Å². The molecule has 0 unspecified atom stereocenters. The van der Waals surface area contributed by atoms with E-state index in [1.807, 2.05) is 62.4 Å². The van der Waals surface area contributed by atoms with Crippen LogP contribution < -0.4 is 0 Å². The summed E-state index contributed by atoms with van der Waals surface area (Å²) < 4.78 is 5.96. The Bertz CT molecular complexity index is 1600. The van der Waals surface area contributed by atoms with Crippen LogP contribution in [0.4, 0.5) is 17.1 Å². The molecule has 0 fully saturated rings. The molecule has 5 aromatic rings. The van der Waals surface area contributed by atoms with Crippen LogP contribution in [0.3, 0.4) is 0 Å². The van der Waals surface area contributed by atoms with Gasteiger partial charge in [-0.1, -0.05) is 35.9 Å². The third-order valence-electron chi connectivity index (χ3n) is 5.52. The SMILES string of the molecule is Cc1ccc(-c2nc3c(C)cccc3o2)cc1N=Cc1cc(N=Nc2cccc(Cl)c2)ccc1O. The second kappa shape index (κ2) is 9.52. The first-order valence-corrected chi connectivity index (χ1v) is 11.4. The Balaban J connectivity index is 1.43. The van der Waals surface area contributed by atoms with E-state index in [-0.39, 0.29) is 5.75 Å². The minimum atomic E-state index is 0.0960. The molecule has 1 aromatic heterocycles. The molecule has 0 spiro atoms. The van der Waals surface area contributed by atoms with Crippen molar-refractivity contribution in [3.05, 3.63) is 101 Å². The highest BCUT2D eigenvalue weighted by Gasteiger charge is 2.11. The molecule has 0 aliphatic rings. The molecule has 6 nitrogen and oxygen atoms in total. The van der Waals surface area contributed by atoms with E-state index in [9.17, 15) is 5.11 Å². The van der Waals surface area contributed by atoms with Gasteiger partial charge in [0, 0.05) is 22.4 Å². The Morgan fingerprint density at radius 3 is 2.46 bits per heavy atom. The highest BCUT2D eigenvalue weighted by atomic mass is 35.5. The lowest BCUT2D eigenvalue weighted by Crippen LogP contribution is -1.84. The Morgan fingerprint density at radius 1 is 0.857 bits per heavy atom. The van der Waals surface area contributed by atoms with E-state index in [1.165, 1.54) is 0 Å². The molecule has 172 valence electrons. The van der Waals surface area contributed by atoms with Gasteiger partial charge in [0.1, 0.15) is 11.3 Å². The highest BCUT2D eigenvalue weighted by molar-refractivity contribution is 6.30. The van der Waals surface area contributed by atoms with Crippen LogP contribution in [0.1, 0.15) is 16.7 Å². The Hall–Kier alpha value is -4.29. The van der Waals surface area contributed by atoms with Gasteiger partial charge in [-0.05, 0) is 79.6 Å². The van der Waals surface area contributed by atoms with Crippen molar-refractivity contribution in [2.75, 3.05) is 0 Å². The van der Waals surface area contributed by atoms with E-state index >= 15 is 0 Å². The van der Waals surface area contributed by atoms with E-state index in [0.29, 0.717) is 27.9 Å². The zero-order chi connectivity index (χ0) is 24.4. The number of azo groups is 1. The first-order chi connectivity index (χ1) is 17.0. The van der Waals surface area contributed by atoms with Gasteiger partial charge in [-0.15, -0.1) is 0 Å². The topological polar surface area (TPSA) is 83.3 Å². The molecule has 0 radical (unpaired) electrons. The van der Waals surface area contributed by atoms with Gasteiger partial charge in [0.25, 0.3) is 0 Å². The lowest BCUT2D eigenvalue weighted by Gasteiger charge is -2.04. The van der Waals surface area contributed by atoms with Crippen LogP contribution in [0.15, 0.2) is 98.5 Å². The van der Waals surface area contributed by atoms with Gasteiger partial charge in [0.15, 0.2) is 5.58 Å². The molecule has 5 rings (SSSR count). The van der Waals surface area contributed by atoms with Crippen LogP contribution in [-0.4, -0.2) is 16.3 Å². The predicted molar refractivity (Wildman–Crippen MR) is 140 cm³/mol. The third-order valence-corrected chi connectivity index (χ3v) is 5.75. The van der Waals surface area contributed by atoms with Crippen molar-refractivity contribution in [1.29, 1.82) is 0 Å². The van der Waals surface area contributed by atoms with Crippen molar-refractivity contribution in [2.45, 2.75) is 13.8 Å². The number of hydrogen-bond acceptors (Lipinski definition) is 6. The number of aryl methyl sites for hydroxylation is 2. The number of aromatic hydroxyl groups is 1. The van der Waals surface area contributed by atoms with E-state index in [4.69, 9.17) is 16.0 Å². The maximum absolute atomic E-state index is 10.3. The number of oxazole rings is 1. The summed E-state index contributed by atoms with van der Waals surface area (Å²) >= 11 is 6.00. The molecule has 1 N–H and O–H groups in total. The number of para-hydroxylation sites is 1. The molecular weight excluding hydrogens is 460 g/mol. The molecule has 0 bridgehead atoms. The number of fused-ring (bicyclic) bond motifs is 1. The van der Waals surface area contributed by atoms with Crippen molar-refractivity contribution in [3.8, 4) is 17.2 Å². The van der Waals surface area contributed by atoms with Gasteiger partial charge in [-0.2, -0.15) is 10.2 Å². The smallest absolute Gasteiger partial charge is 0.227 e. The largest absolute Gasteiger partial charge is 0.507 e. The molecular formula is C28H21ClN4O2. The van der Waals surface area contributed by atoms with Crippen LogP contribution in [0.5, 0.6) is 5.75 Å². The van der Waals surface area contributed by atoms with Crippen LogP contribution in [0.25, 0.3) is 22.6 Å². The summed E-state index contributed by atoms with van der Waals surface area (Å²) in [7, 11) is 0. The summed E-state index contributed by atoms with van der Waals surface area (Å²) in [5, 5.41) is 19.4. The van der Waals surface area contributed by atoms with Gasteiger partial charge in [-0.3, -0.25) is 4.99 Å². The van der Waals surface area contributed by atoms with Crippen molar-refractivity contribution in [1.82, 2.24) is 4.98 Å². The minimum Gasteiger partial charge on any atom is -0.507 e. The molecule has 1 heterocycles. The fourth-order valence-corrected chi connectivity index (χ4v) is 3.78. The number of hydrogen-bond donors (Lipinski definition) is 1. The molecule has 7 heteroatoms. The number of aromatic nitrogens is 1. The Morgan fingerprint density at radius 2 is 1.66 bits per heavy atom. The third kappa shape index (κ3) is 4.98. The zero-order valence-corrected chi connectivity index (χ0v) is 19.9. The average Bonchev–Trinajstić information content (AvgIpc) is 3.29. The number of phenolic OH excluding ortho intramolecular Hbond substituents is 1. The Kier molecular flexibility index (Phi) is 6.12. The first-order valence-electron chi connectivity index (χ1n) is 11.0. The molecule has 0 amide bonds. The van der Waals surface area contributed by atoms with Crippen LogP contribution in [0, 0.1) is 13.8 Å². The summed E-state index contributed by atoms with van der Waals surface area (Å²) in [4.78, 5) is 9.28. The van der Waals surface area contributed by atoms with Crippen molar-refractivity contribution in [3.63, 3.8) is 0 Å². The summed E-state index contributed by atoms with van der Waals surface area (Å²) in [5.74, 6) is 0.635. The second-order valence-corrected chi connectivity index (χ2v) is 8.56. The summed E-state index contributed by atoms with van der Waals surface area (Å²) in [6.07, 6.45) is 1.61. The Labute approximate surface area is 207 Å². The highest BCUT2D eigenvalue weighted by Crippen LogP contribution is 2.31. The van der Waals surface area contributed by atoms with Crippen molar-refractivity contribution in [2.24, 2.45) is 15.2 Å². The first kappa shape index (κ1) is 22.5. The predicted octanol–water partition coefficient (Wildman–Crippen LogP) is 8.64. The molecule has 0 atom stereocenters. The van der Waals surface area contributed by atoms with E-state index < -0.39 is 0 Å². The van der Waals surface area contributed by atoms with E-state index in [0.717, 1.165) is 33.5 Å². The van der Waals surface area contributed by atoms with Gasteiger partial charge in [0.05, 0.1) is 17.1 Å². The lowest BCUT2D eigenvalue weighted by atomic mass is 10.1. The van der Waals surface area contributed by atoms with Crippen LogP contribution >= 0.6 is 11.6 Å². The van der Waals surface area contributed by atoms with E-state index in [1.54, 1.807) is 36.5 Å². The summed E-state index contributed by atoms with van der Waals surface area (Å²) in [6, 6.07) is 23.8. The molecule has 0 aliphatic heterocycles. The summed E-state index contributed by atoms with van der Waals surface area (Å²) in [6.45, 7) is 3.98. The van der Waals surface area contributed by atoms with Crippen molar-refractivity contribution < 1.29 is 9.52 Å². The molecule has 0 saturated heterocycles. The standard InChI is InChI=1S/C28H21ClN4O2/c1-17-9-10-19(28-31-27-18(2)5-3-8-26(27)35-28)14-24(17)30-16-20-13-23(11-12-25(20)34)33-32-22-7-4-6-21(29)15-22/h3-16,34H,1-2H3. The fraction of sp³-hybridized carbons (Fsp3) is 0.0714. The monoisotopic (exact) mass is 480 g/mol. The number of phenols is 1. The average molecular weight is 481 g/mol. The number of benzene rings is 4. The maximum atomic E-state index is 10.3. The number of halogens is 1. The maximum Gasteiger partial charge on any atom is 0.227 e. The van der Waals surface area contributed by atoms with Crippen molar-refractivity contribution >= 4 is 46.0 Å². The number of rotatable bonds is 5. The number of nitrogens with zero attached hydrogens (tertiary/aromatic N) is 4. The van der Waals surface area contributed by atoms with Crippen LogP contribution in [0.2, 0.25) is 5.02 Å². The van der Waals surface area contributed by atoms with Gasteiger partial charge in [-0.25, -0.2) is 4.98 Å². The second-order valence-electron chi connectivity index (χ2n) is 8.12. The number of aliphatic imine (C=N–C) groups is 1. The minimum absolute atomic E-state index is 0.0960. The van der Waals surface area contributed by atoms with Gasteiger partial charge in [0.2, 0.25) is 5.89 Å². The lowest BCUT2D eigenvalue weighted by molar-refractivity contribution is 0.474. The molecule has 0 saturated carbocycles. The summed E-state index contributed by atoms with van der Waals surface area (Å²) in [5.41, 5.74) is 6.95.